The van der Waals surface area contributed by atoms with Gasteiger partial charge >= 0.3 is 0 Å². The van der Waals surface area contributed by atoms with Gasteiger partial charge in [0, 0.05) is 16.8 Å². The number of carbonyl (C=O) groups is 2. The molecule has 1 heterocycles. The lowest BCUT2D eigenvalue weighted by Gasteiger charge is -2.20. The summed E-state index contributed by atoms with van der Waals surface area (Å²) < 4.78 is 0. The summed E-state index contributed by atoms with van der Waals surface area (Å²) >= 11 is 0. The Labute approximate surface area is 147 Å². The number of aliphatic hydroxyl groups is 1. The number of unbranched alkanes of at least 4 members (excludes halogenated alkanes) is 2. The third-order valence-electron chi connectivity index (χ3n) is 4.76. The van der Waals surface area contributed by atoms with Crippen molar-refractivity contribution in [3.63, 3.8) is 0 Å². The van der Waals surface area contributed by atoms with Gasteiger partial charge in [-0.15, -0.1) is 0 Å². The summed E-state index contributed by atoms with van der Waals surface area (Å²) in [6.45, 7) is 2.17. The molecular formula is C21H23NO3. The quantitative estimate of drug-likeness (QED) is 0.596. The van der Waals surface area contributed by atoms with Gasteiger partial charge in [-0.1, -0.05) is 62.2 Å². The molecule has 0 aromatic heterocycles. The largest absolute Gasteiger partial charge is 0.375 e. The minimum absolute atomic E-state index is 0.241. The number of Topliss-reactive ketones (excluding diaryl/α,β-unsaturated/α-hetero) is 1. The molecule has 1 aliphatic rings. The highest BCUT2D eigenvalue weighted by Gasteiger charge is 2.46. The number of aryl methyl sites for hydroxylation is 1. The van der Waals surface area contributed by atoms with E-state index in [0.717, 1.165) is 12.8 Å². The zero-order chi connectivity index (χ0) is 17.9. The predicted octanol–water partition coefficient (Wildman–Crippen LogP) is 3.83. The van der Waals surface area contributed by atoms with Crippen LogP contribution in [0.2, 0.25) is 0 Å². The minimum Gasteiger partial charge on any atom is -0.375 e. The first-order valence-electron chi connectivity index (χ1n) is 8.80. The molecule has 0 radical (unpaired) electrons. The Bertz CT molecular complexity index is 782. The lowest BCUT2D eigenvalue weighted by molar-refractivity contribution is -0.133. The molecule has 0 saturated carbocycles. The van der Waals surface area contributed by atoms with E-state index in [1.54, 1.807) is 36.4 Å². The molecule has 4 nitrogen and oxygen atoms in total. The van der Waals surface area contributed by atoms with Crippen LogP contribution in [-0.2, 0) is 16.8 Å². The Kier molecular flexibility index (Phi) is 5.00. The van der Waals surface area contributed by atoms with Crippen molar-refractivity contribution >= 4 is 17.4 Å². The third kappa shape index (κ3) is 3.49. The van der Waals surface area contributed by atoms with E-state index >= 15 is 0 Å². The van der Waals surface area contributed by atoms with Crippen molar-refractivity contribution in [1.82, 2.24) is 0 Å². The summed E-state index contributed by atoms with van der Waals surface area (Å²) in [5.41, 5.74) is 0.948. The van der Waals surface area contributed by atoms with E-state index in [1.165, 1.54) is 18.4 Å². The molecule has 2 aromatic carbocycles. The zero-order valence-electron chi connectivity index (χ0n) is 14.4. The summed E-state index contributed by atoms with van der Waals surface area (Å²) in [7, 11) is 0. The topological polar surface area (TPSA) is 66.4 Å². The lowest BCUT2D eigenvalue weighted by atomic mass is 9.88. The molecule has 0 saturated heterocycles. The smallest absolute Gasteiger partial charge is 0.261 e. The molecule has 25 heavy (non-hydrogen) atoms. The average molecular weight is 337 g/mol. The molecule has 3 rings (SSSR count). The highest BCUT2D eigenvalue weighted by atomic mass is 16.3. The second-order valence-electron chi connectivity index (χ2n) is 6.61. The molecule has 130 valence electrons. The van der Waals surface area contributed by atoms with Gasteiger partial charge in [0.05, 0.1) is 6.42 Å². The average Bonchev–Trinajstić information content (AvgIpc) is 2.86. The van der Waals surface area contributed by atoms with Crippen LogP contribution in [0.5, 0.6) is 0 Å². The molecule has 1 amide bonds. The number of amides is 1. The van der Waals surface area contributed by atoms with E-state index < -0.39 is 11.5 Å². The number of fused-ring (bicyclic) bond motifs is 1. The van der Waals surface area contributed by atoms with Gasteiger partial charge in [-0.05, 0) is 24.5 Å². The van der Waals surface area contributed by atoms with Gasteiger partial charge in [-0.25, -0.2) is 0 Å². The van der Waals surface area contributed by atoms with Crippen LogP contribution < -0.4 is 5.32 Å². The summed E-state index contributed by atoms with van der Waals surface area (Å²) in [5.74, 6) is -0.785. The highest BCUT2D eigenvalue weighted by molar-refractivity contribution is 6.09. The number of anilines is 1. The van der Waals surface area contributed by atoms with E-state index in [9.17, 15) is 14.7 Å². The van der Waals surface area contributed by atoms with Crippen LogP contribution in [0.25, 0.3) is 0 Å². The Balaban J connectivity index is 1.73. The Morgan fingerprint density at radius 2 is 1.80 bits per heavy atom. The van der Waals surface area contributed by atoms with Crippen LogP contribution in [-0.4, -0.2) is 16.8 Å². The number of benzene rings is 2. The summed E-state index contributed by atoms with van der Waals surface area (Å²) in [6, 6.07) is 14.4. The van der Waals surface area contributed by atoms with Gasteiger partial charge in [0.15, 0.2) is 11.4 Å². The monoisotopic (exact) mass is 337 g/mol. The van der Waals surface area contributed by atoms with Gasteiger partial charge in [0.2, 0.25) is 0 Å². The fraction of sp³-hybridized carbons (Fsp3) is 0.333. The molecular weight excluding hydrogens is 314 g/mol. The Morgan fingerprint density at radius 1 is 1.08 bits per heavy atom. The fourth-order valence-corrected chi connectivity index (χ4v) is 3.25. The number of ketones is 1. The van der Waals surface area contributed by atoms with E-state index in [1.807, 2.05) is 12.1 Å². The van der Waals surface area contributed by atoms with Crippen molar-refractivity contribution in [2.75, 3.05) is 5.32 Å². The van der Waals surface area contributed by atoms with Gasteiger partial charge in [0.1, 0.15) is 0 Å². The van der Waals surface area contributed by atoms with Crippen molar-refractivity contribution in [3.8, 4) is 0 Å². The maximum absolute atomic E-state index is 12.6. The molecule has 0 fully saturated rings. The van der Waals surface area contributed by atoms with Crippen LogP contribution in [0.3, 0.4) is 0 Å². The number of hydrogen-bond donors (Lipinski definition) is 2. The number of rotatable bonds is 7. The van der Waals surface area contributed by atoms with Gasteiger partial charge in [0.25, 0.3) is 5.91 Å². The highest BCUT2D eigenvalue weighted by Crippen LogP contribution is 2.38. The standard InChI is InChI=1S/C21H23NO3/c1-2-3-4-7-15-10-12-16(13-11-15)19(23)14-21(25)17-8-5-6-9-18(17)22-20(21)24/h5-6,8-13,25H,2-4,7,14H2,1H3,(H,22,24). The van der Waals surface area contributed by atoms with Crippen LogP contribution in [0.1, 0.15) is 54.1 Å². The molecule has 1 aliphatic heterocycles. The van der Waals surface area contributed by atoms with Gasteiger partial charge in [-0.2, -0.15) is 0 Å². The van der Waals surface area contributed by atoms with Crippen molar-refractivity contribution in [1.29, 1.82) is 0 Å². The number of nitrogens with one attached hydrogen (secondary N) is 1. The van der Waals surface area contributed by atoms with Crippen molar-refractivity contribution in [2.45, 2.75) is 44.6 Å². The van der Waals surface area contributed by atoms with E-state index in [0.29, 0.717) is 16.8 Å². The summed E-state index contributed by atoms with van der Waals surface area (Å²) in [6.07, 6.45) is 4.26. The van der Waals surface area contributed by atoms with Crippen molar-refractivity contribution in [3.05, 3.63) is 65.2 Å². The van der Waals surface area contributed by atoms with E-state index in [-0.39, 0.29) is 12.2 Å². The first-order valence-corrected chi connectivity index (χ1v) is 8.80. The number of carbonyl (C=O) groups excluding carboxylic acids is 2. The van der Waals surface area contributed by atoms with Crippen molar-refractivity contribution < 1.29 is 14.7 Å². The minimum atomic E-state index is -1.80. The summed E-state index contributed by atoms with van der Waals surface area (Å²) in [4.78, 5) is 24.8. The molecule has 0 aliphatic carbocycles. The van der Waals surface area contributed by atoms with Crippen molar-refractivity contribution in [2.24, 2.45) is 0 Å². The molecule has 2 aromatic rings. The number of hydrogen-bond acceptors (Lipinski definition) is 3. The molecule has 1 unspecified atom stereocenters. The van der Waals surface area contributed by atoms with Gasteiger partial charge in [-0.3, -0.25) is 9.59 Å². The predicted molar refractivity (Wildman–Crippen MR) is 97.6 cm³/mol. The number of para-hydroxylation sites is 1. The SMILES string of the molecule is CCCCCc1ccc(C(=O)CC2(O)C(=O)Nc3ccccc32)cc1. The molecule has 4 heteroatoms. The molecule has 0 bridgehead atoms. The first-order chi connectivity index (χ1) is 12.0. The lowest BCUT2D eigenvalue weighted by Crippen LogP contribution is -2.36. The summed E-state index contributed by atoms with van der Waals surface area (Å²) in [5, 5.41) is 13.5. The zero-order valence-corrected chi connectivity index (χ0v) is 14.4. The normalized spacial score (nSPS) is 18.7. The Hall–Kier alpha value is -2.46. The molecule has 1 atom stereocenters. The molecule has 0 spiro atoms. The first kappa shape index (κ1) is 17.4. The van der Waals surface area contributed by atoms with Crippen LogP contribution >= 0.6 is 0 Å². The fourth-order valence-electron chi connectivity index (χ4n) is 3.25. The second kappa shape index (κ2) is 7.19. The van der Waals surface area contributed by atoms with Crippen LogP contribution in [0, 0.1) is 0 Å². The second-order valence-corrected chi connectivity index (χ2v) is 6.61. The maximum atomic E-state index is 12.6. The van der Waals surface area contributed by atoms with E-state index in [2.05, 4.69) is 12.2 Å². The van der Waals surface area contributed by atoms with Gasteiger partial charge < -0.3 is 10.4 Å². The van der Waals surface area contributed by atoms with E-state index in [4.69, 9.17) is 0 Å². The molecule has 2 N–H and O–H groups in total. The maximum Gasteiger partial charge on any atom is 0.261 e. The van der Waals surface area contributed by atoms with Crippen LogP contribution in [0.15, 0.2) is 48.5 Å². The van der Waals surface area contributed by atoms with Crippen LogP contribution in [0.4, 0.5) is 5.69 Å². The third-order valence-corrected chi connectivity index (χ3v) is 4.76. The Morgan fingerprint density at radius 3 is 2.52 bits per heavy atom.